The summed E-state index contributed by atoms with van der Waals surface area (Å²) in [5, 5.41) is 2.99. The number of rotatable bonds is 16. The van der Waals surface area contributed by atoms with Crippen LogP contribution in [-0.2, 0) is 12.8 Å². The number of hydrogen-bond donors (Lipinski definition) is 0. The van der Waals surface area contributed by atoms with Gasteiger partial charge in [0.2, 0.25) is 0 Å². The molecule has 0 amide bonds. The molecule has 0 spiro atoms. The quantitative estimate of drug-likeness (QED) is 0.212. The molecular formula is C26H37NO2. The highest BCUT2D eigenvalue weighted by molar-refractivity contribution is 5.50. The molecular weight excluding hydrogens is 358 g/mol. The fourth-order valence-electron chi connectivity index (χ4n) is 3.62. The molecule has 0 saturated heterocycles. The van der Waals surface area contributed by atoms with Gasteiger partial charge in [-0.25, -0.2) is 0 Å². The smallest absolute Gasteiger partial charge is 0.149 e. The van der Waals surface area contributed by atoms with Crippen molar-refractivity contribution in [2.45, 2.75) is 84.0 Å². The van der Waals surface area contributed by atoms with Crippen LogP contribution in [0.4, 0.5) is 5.69 Å². The van der Waals surface area contributed by atoms with E-state index in [2.05, 4.69) is 36.4 Å². The van der Waals surface area contributed by atoms with Gasteiger partial charge in [0.15, 0.2) is 0 Å². The Labute approximate surface area is 176 Å². The van der Waals surface area contributed by atoms with Gasteiger partial charge in [0.1, 0.15) is 11.4 Å². The van der Waals surface area contributed by atoms with Crippen molar-refractivity contribution < 1.29 is 4.74 Å². The number of nitroso groups, excluding NO2 is 1. The van der Waals surface area contributed by atoms with Crippen molar-refractivity contribution >= 4 is 5.69 Å². The molecule has 3 nitrogen and oxygen atoms in total. The van der Waals surface area contributed by atoms with Gasteiger partial charge in [-0.3, -0.25) is 0 Å². The van der Waals surface area contributed by atoms with E-state index in [1.54, 1.807) is 18.2 Å². The van der Waals surface area contributed by atoms with Gasteiger partial charge in [-0.1, -0.05) is 94.7 Å². The van der Waals surface area contributed by atoms with E-state index in [0.717, 1.165) is 12.8 Å². The fraction of sp³-hybridized carbons (Fsp3) is 0.538. The van der Waals surface area contributed by atoms with Crippen molar-refractivity contribution in [2.75, 3.05) is 6.61 Å². The third-order valence-corrected chi connectivity index (χ3v) is 5.51. The molecule has 0 atom stereocenters. The van der Waals surface area contributed by atoms with Crippen molar-refractivity contribution in [3.8, 4) is 5.75 Å². The molecule has 0 aliphatic heterocycles. The van der Waals surface area contributed by atoms with Crippen LogP contribution in [0.3, 0.4) is 0 Å². The van der Waals surface area contributed by atoms with E-state index >= 15 is 0 Å². The Kier molecular flexibility index (Phi) is 11.8. The maximum Gasteiger partial charge on any atom is 0.149 e. The zero-order valence-electron chi connectivity index (χ0n) is 18.1. The number of ether oxygens (including phenoxy) is 1. The lowest BCUT2D eigenvalue weighted by Gasteiger charge is -2.07. The lowest BCUT2D eigenvalue weighted by molar-refractivity contribution is 0.305. The van der Waals surface area contributed by atoms with Gasteiger partial charge < -0.3 is 4.74 Å². The second kappa shape index (κ2) is 14.8. The number of aryl methyl sites for hydroxylation is 2. The molecule has 0 aliphatic rings. The molecule has 0 fully saturated rings. The van der Waals surface area contributed by atoms with Crippen molar-refractivity contribution in [2.24, 2.45) is 5.18 Å². The SMILES string of the molecule is CCc1ccc(CCCCCCCCCCCCOc2ccccc2N=O)cc1. The summed E-state index contributed by atoms with van der Waals surface area (Å²) in [4.78, 5) is 10.7. The van der Waals surface area contributed by atoms with Crippen molar-refractivity contribution in [3.63, 3.8) is 0 Å². The van der Waals surface area contributed by atoms with Gasteiger partial charge >= 0.3 is 0 Å². The molecule has 3 heteroatoms. The first-order chi connectivity index (χ1) is 14.3. The van der Waals surface area contributed by atoms with Gasteiger partial charge in [0, 0.05) is 0 Å². The minimum absolute atomic E-state index is 0.391. The molecule has 0 bridgehead atoms. The van der Waals surface area contributed by atoms with E-state index in [9.17, 15) is 4.91 Å². The van der Waals surface area contributed by atoms with Crippen LogP contribution in [0.2, 0.25) is 0 Å². The Balaban J connectivity index is 1.36. The van der Waals surface area contributed by atoms with Crippen LogP contribution in [0.5, 0.6) is 5.75 Å². The van der Waals surface area contributed by atoms with Gasteiger partial charge in [0.25, 0.3) is 0 Å². The number of nitrogens with zero attached hydrogens (tertiary/aromatic N) is 1. The summed E-state index contributed by atoms with van der Waals surface area (Å²) in [6.07, 6.45) is 15.3. The fourth-order valence-corrected chi connectivity index (χ4v) is 3.62. The van der Waals surface area contributed by atoms with Crippen molar-refractivity contribution in [3.05, 3.63) is 64.6 Å². The Hall–Kier alpha value is -2.16. The molecule has 0 unspecified atom stereocenters. The van der Waals surface area contributed by atoms with Gasteiger partial charge in [-0.2, -0.15) is 0 Å². The third-order valence-electron chi connectivity index (χ3n) is 5.51. The van der Waals surface area contributed by atoms with Crippen LogP contribution in [0, 0.1) is 4.91 Å². The molecule has 2 aromatic carbocycles. The molecule has 158 valence electrons. The molecule has 2 rings (SSSR count). The van der Waals surface area contributed by atoms with E-state index in [4.69, 9.17) is 4.74 Å². The standard InChI is InChI=1S/C26H37NO2/c1-2-23-18-20-24(21-19-23)15-11-9-7-5-3-4-6-8-10-14-22-29-26-17-13-12-16-25(26)27-28/h12-13,16-21H,2-11,14-15,22H2,1H3. The molecule has 0 radical (unpaired) electrons. The van der Waals surface area contributed by atoms with E-state index in [1.807, 2.05) is 6.07 Å². The summed E-state index contributed by atoms with van der Waals surface area (Å²) in [6, 6.07) is 16.3. The lowest BCUT2D eigenvalue weighted by atomic mass is 10.0. The Morgan fingerprint density at radius 1 is 0.690 bits per heavy atom. The van der Waals surface area contributed by atoms with Crippen LogP contribution in [0.1, 0.15) is 82.3 Å². The predicted octanol–water partition coefficient (Wildman–Crippen LogP) is 8.17. The highest BCUT2D eigenvalue weighted by Gasteiger charge is 2.02. The number of hydrogen-bond acceptors (Lipinski definition) is 3. The zero-order valence-corrected chi connectivity index (χ0v) is 18.1. The van der Waals surface area contributed by atoms with Crippen LogP contribution in [0.15, 0.2) is 53.7 Å². The molecule has 0 aliphatic carbocycles. The first-order valence-corrected chi connectivity index (χ1v) is 11.5. The predicted molar refractivity (Wildman–Crippen MR) is 123 cm³/mol. The third kappa shape index (κ3) is 9.74. The van der Waals surface area contributed by atoms with Crippen LogP contribution in [0.25, 0.3) is 0 Å². The second-order valence-corrected chi connectivity index (χ2v) is 7.86. The molecule has 0 aromatic heterocycles. The van der Waals surface area contributed by atoms with E-state index in [1.165, 1.54) is 75.3 Å². The second-order valence-electron chi connectivity index (χ2n) is 7.86. The summed E-state index contributed by atoms with van der Waals surface area (Å²) < 4.78 is 5.66. The first kappa shape index (κ1) is 23.1. The molecule has 29 heavy (non-hydrogen) atoms. The summed E-state index contributed by atoms with van der Waals surface area (Å²) in [5.41, 5.74) is 3.31. The van der Waals surface area contributed by atoms with E-state index in [0.29, 0.717) is 18.0 Å². The summed E-state index contributed by atoms with van der Waals surface area (Å²) in [5.74, 6) is 0.598. The van der Waals surface area contributed by atoms with Crippen molar-refractivity contribution in [1.29, 1.82) is 0 Å². The van der Waals surface area contributed by atoms with Gasteiger partial charge in [0.05, 0.1) is 6.61 Å². The maximum atomic E-state index is 10.7. The first-order valence-electron chi connectivity index (χ1n) is 11.5. The van der Waals surface area contributed by atoms with Crippen molar-refractivity contribution in [1.82, 2.24) is 0 Å². The molecule has 0 heterocycles. The summed E-state index contributed by atoms with van der Waals surface area (Å²) in [7, 11) is 0. The van der Waals surface area contributed by atoms with Gasteiger partial charge in [-0.15, -0.1) is 4.91 Å². The lowest BCUT2D eigenvalue weighted by Crippen LogP contribution is -1.97. The van der Waals surface area contributed by atoms with Crippen LogP contribution in [-0.4, -0.2) is 6.61 Å². The molecule has 0 saturated carbocycles. The molecule has 0 N–H and O–H groups in total. The highest BCUT2D eigenvalue weighted by atomic mass is 16.5. The number of unbranched alkanes of at least 4 members (excludes halogenated alkanes) is 9. The monoisotopic (exact) mass is 395 g/mol. The molecule has 2 aromatic rings. The Bertz CT molecular complexity index is 681. The number of para-hydroxylation sites is 1. The van der Waals surface area contributed by atoms with E-state index < -0.39 is 0 Å². The normalized spacial score (nSPS) is 10.8. The average molecular weight is 396 g/mol. The average Bonchev–Trinajstić information content (AvgIpc) is 2.77. The topological polar surface area (TPSA) is 38.7 Å². The highest BCUT2D eigenvalue weighted by Crippen LogP contribution is 2.26. The van der Waals surface area contributed by atoms with E-state index in [-0.39, 0.29) is 0 Å². The summed E-state index contributed by atoms with van der Waals surface area (Å²) >= 11 is 0. The maximum absolute atomic E-state index is 10.7. The Morgan fingerprint density at radius 3 is 1.86 bits per heavy atom. The van der Waals surface area contributed by atoms with Crippen LogP contribution >= 0.6 is 0 Å². The summed E-state index contributed by atoms with van der Waals surface area (Å²) in [6.45, 7) is 2.87. The minimum Gasteiger partial charge on any atom is -0.491 e. The minimum atomic E-state index is 0.391. The zero-order chi connectivity index (χ0) is 20.6. The number of benzene rings is 2. The largest absolute Gasteiger partial charge is 0.491 e. The van der Waals surface area contributed by atoms with Gasteiger partial charge in [-0.05, 0) is 54.1 Å². The Morgan fingerprint density at radius 2 is 1.24 bits per heavy atom. The van der Waals surface area contributed by atoms with Crippen LogP contribution < -0.4 is 4.74 Å².